The number of amides is 1. The predicted octanol–water partition coefficient (Wildman–Crippen LogP) is 3.51. The van der Waals surface area contributed by atoms with Crippen LogP contribution in [0.25, 0.3) is 0 Å². The second-order valence-corrected chi connectivity index (χ2v) is 7.02. The van der Waals surface area contributed by atoms with E-state index in [4.69, 9.17) is 21.1 Å². The fourth-order valence-corrected chi connectivity index (χ4v) is 3.14. The molecule has 1 aromatic rings. The minimum Gasteiger partial charge on any atom is -0.486 e. The van der Waals surface area contributed by atoms with Crippen LogP contribution in [-0.2, 0) is 10.5 Å². The molecule has 1 aliphatic rings. The quantitative estimate of drug-likeness (QED) is 0.823. The SMILES string of the molecule is CC(C)CCNC(=O)CSCc1cc(Cl)c2c(c1)OCCO2. The first-order valence-electron chi connectivity index (χ1n) is 7.48. The van der Waals surface area contributed by atoms with Crippen molar-refractivity contribution in [3.05, 3.63) is 22.7 Å². The Morgan fingerprint density at radius 2 is 2.14 bits per heavy atom. The number of carbonyl (C=O) groups excluding carboxylic acids is 1. The van der Waals surface area contributed by atoms with E-state index in [2.05, 4.69) is 19.2 Å². The Balaban J connectivity index is 1.77. The highest BCUT2D eigenvalue weighted by Crippen LogP contribution is 2.39. The number of hydrogen-bond donors (Lipinski definition) is 1. The zero-order valence-electron chi connectivity index (χ0n) is 13.0. The summed E-state index contributed by atoms with van der Waals surface area (Å²) in [5, 5.41) is 3.50. The molecule has 22 heavy (non-hydrogen) atoms. The first kappa shape index (κ1) is 17.3. The lowest BCUT2D eigenvalue weighted by atomic mass is 10.1. The average Bonchev–Trinajstić information content (AvgIpc) is 2.47. The number of halogens is 1. The van der Waals surface area contributed by atoms with Crippen LogP contribution in [0.4, 0.5) is 0 Å². The molecule has 6 heteroatoms. The standard InChI is InChI=1S/C16H22ClNO3S/c1-11(2)3-4-18-15(19)10-22-9-12-7-13(17)16-14(8-12)20-5-6-21-16/h7-8,11H,3-6,9-10H2,1-2H3,(H,18,19). The molecule has 1 aliphatic heterocycles. The number of hydrogen-bond acceptors (Lipinski definition) is 4. The number of nitrogens with one attached hydrogen (secondary N) is 1. The maximum atomic E-state index is 11.7. The van der Waals surface area contributed by atoms with Crippen LogP contribution in [-0.4, -0.2) is 31.4 Å². The summed E-state index contributed by atoms with van der Waals surface area (Å²) in [5.41, 5.74) is 1.04. The van der Waals surface area contributed by atoms with E-state index in [-0.39, 0.29) is 5.91 Å². The van der Waals surface area contributed by atoms with Crippen molar-refractivity contribution in [3.63, 3.8) is 0 Å². The Labute approximate surface area is 140 Å². The van der Waals surface area contributed by atoms with Gasteiger partial charge in [-0.25, -0.2) is 0 Å². The van der Waals surface area contributed by atoms with Crippen LogP contribution < -0.4 is 14.8 Å². The van der Waals surface area contributed by atoms with E-state index < -0.39 is 0 Å². The minimum absolute atomic E-state index is 0.0780. The smallest absolute Gasteiger partial charge is 0.230 e. The van der Waals surface area contributed by atoms with Crippen LogP contribution >= 0.6 is 23.4 Å². The van der Waals surface area contributed by atoms with Gasteiger partial charge < -0.3 is 14.8 Å². The molecule has 0 atom stereocenters. The maximum Gasteiger partial charge on any atom is 0.230 e. The molecule has 0 radical (unpaired) electrons. The summed E-state index contributed by atoms with van der Waals surface area (Å²) < 4.78 is 11.0. The maximum absolute atomic E-state index is 11.7. The van der Waals surface area contributed by atoms with E-state index in [1.807, 2.05) is 12.1 Å². The minimum atomic E-state index is 0.0780. The molecule has 1 aromatic carbocycles. The molecular weight excluding hydrogens is 322 g/mol. The van der Waals surface area contributed by atoms with Crippen molar-refractivity contribution in [2.75, 3.05) is 25.5 Å². The van der Waals surface area contributed by atoms with Crippen LogP contribution in [0.5, 0.6) is 11.5 Å². The molecule has 2 rings (SSSR count). The highest BCUT2D eigenvalue weighted by Gasteiger charge is 2.16. The van der Waals surface area contributed by atoms with E-state index in [0.29, 0.717) is 47.2 Å². The van der Waals surface area contributed by atoms with Crippen molar-refractivity contribution in [1.82, 2.24) is 5.32 Å². The lowest BCUT2D eigenvalue weighted by Crippen LogP contribution is -2.26. The zero-order valence-corrected chi connectivity index (χ0v) is 14.6. The average molecular weight is 344 g/mol. The molecular formula is C16H22ClNO3S. The Hall–Kier alpha value is -1.07. The van der Waals surface area contributed by atoms with Gasteiger partial charge in [-0.1, -0.05) is 25.4 Å². The highest BCUT2D eigenvalue weighted by molar-refractivity contribution is 7.99. The van der Waals surface area contributed by atoms with Crippen LogP contribution in [0.2, 0.25) is 5.02 Å². The normalized spacial score (nSPS) is 13.3. The Bertz CT molecular complexity index is 522. The molecule has 1 amide bonds. The second kappa shape index (κ2) is 8.53. The van der Waals surface area contributed by atoms with E-state index in [9.17, 15) is 4.79 Å². The zero-order chi connectivity index (χ0) is 15.9. The van der Waals surface area contributed by atoms with Crippen LogP contribution in [0.15, 0.2) is 12.1 Å². The molecule has 4 nitrogen and oxygen atoms in total. The first-order chi connectivity index (χ1) is 10.6. The van der Waals surface area contributed by atoms with E-state index in [0.717, 1.165) is 18.5 Å². The Morgan fingerprint density at radius 1 is 1.36 bits per heavy atom. The van der Waals surface area contributed by atoms with Crippen molar-refractivity contribution in [3.8, 4) is 11.5 Å². The van der Waals surface area contributed by atoms with Gasteiger partial charge in [-0.3, -0.25) is 4.79 Å². The number of ether oxygens (including phenoxy) is 2. The third kappa shape index (κ3) is 5.29. The summed E-state index contributed by atoms with van der Waals surface area (Å²) >= 11 is 7.76. The van der Waals surface area contributed by atoms with Gasteiger partial charge in [0.2, 0.25) is 5.91 Å². The predicted molar refractivity (Wildman–Crippen MR) is 91.1 cm³/mol. The van der Waals surface area contributed by atoms with Gasteiger partial charge >= 0.3 is 0 Å². The summed E-state index contributed by atoms with van der Waals surface area (Å²) in [4.78, 5) is 11.7. The van der Waals surface area contributed by atoms with E-state index >= 15 is 0 Å². The third-order valence-corrected chi connectivity index (χ3v) is 4.49. The monoisotopic (exact) mass is 343 g/mol. The van der Waals surface area contributed by atoms with Crippen molar-refractivity contribution in [2.24, 2.45) is 5.92 Å². The van der Waals surface area contributed by atoms with Crippen LogP contribution in [0.1, 0.15) is 25.8 Å². The highest BCUT2D eigenvalue weighted by atomic mass is 35.5. The number of benzene rings is 1. The third-order valence-electron chi connectivity index (χ3n) is 3.20. The first-order valence-corrected chi connectivity index (χ1v) is 9.02. The number of thioether (sulfide) groups is 1. The van der Waals surface area contributed by atoms with Gasteiger partial charge in [-0.05, 0) is 30.0 Å². The molecule has 1 N–H and O–H groups in total. The second-order valence-electron chi connectivity index (χ2n) is 5.63. The molecule has 0 unspecified atom stereocenters. The lowest BCUT2D eigenvalue weighted by Gasteiger charge is -2.20. The number of carbonyl (C=O) groups is 1. The molecule has 1 heterocycles. The van der Waals surface area contributed by atoms with E-state index in [1.165, 1.54) is 0 Å². The Morgan fingerprint density at radius 3 is 2.91 bits per heavy atom. The number of rotatable bonds is 7. The fraction of sp³-hybridized carbons (Fsp3) is 0.562. The molecule has 0 aliphatic carbocycles. The summed E-state index contributed by atoms with van der Waals surface area (Å²) in [7, 11) is 0. The molecule has 0 spiro atoms. The van der Waals surface area contributed by atoms with E-state index in [1.54, 1.807) is 11.8 Å². The fourth-order valence-electron chi connectivity index (χ4n) is 2.06. The van der Waals surface area contributed by atoms with Gasteiger partial charge in [0.05, 0.1) is 10.8 Å². The summed E-state index contributed by atoms with van der Waals surface area (Å²) in [5.74, 6) is 3.16. The van der Waals surface area contributed by atoms with Gasteiger partial charge in [-0.2, -0.15) is 0 Å². The summed E-state index contributed by atoms with van der Waals surface area (Å²) in [6.07, 6.45) is 1.01. The topological polar surface area (TPSA) is 47.6 Å². The van der Waals surface area contributed by atoms with Gasteiger partial charge in [0, 0.05) is 12.3 Å². The van der Waals surface area contributed by atoms with Crippen molar-refractivity contribution >= 4 is 29.3 Å². The Kier molecular flexibility index (Phi) is 6.70. The van der Waals surface area contributed by atoms with Gasteiger partial charge in [0.25, 0.3) is 0 Å². The molecule has 0 bridgehead atoms. The van der Waals surface area contributed by atoms with Gasteiger partial charge in [0.15, 0.2) is 11.5 Å². The molecule has 0 fully saturated rings. The molecule has 0 saturated carbocycles. The summed E-state index contributed by atoms with van der Waals surface area (Å²) in [6.45, 7) is 6.10. The molecule has 122 valence electrons. The van der Waals surface area contributed by atoms with Crippen LogP contribution in [0.3, 0.4) is 0 Å². The number of fused-ring (bicyclic) bond motifs is 1. The van der Waals surface area contributed by atoms with Gasteiger partial charge in [0.1, 0.15) is 13.2 Å². The largest absolute Gasteiger partial charge is 0.486 e. The van der Waals surface area contributed by atoms with Crippen molar-refractivity contribution < 1.29 is 14.3 Å². The van der Waals surface area contributed by atoms with Crippen molar-refractivity contribution in [1.29, 1.82) is 0 Å². The van der Waals surface area contributed by atoms with Crippen molar-refractivity contribution in [2.45, 2.75) is 26.0 Å². The molecule has 0 aromatic heterocycles. The molecule has 0 saturated heterocycles. The lowest BCUT2D eigenvalue weighted by molar-refractivity contribution is -0.118. The van der Waals surface area contributed by atoms with Crippen LogP contribution in [0, 0.1) is 5.92 Å². The summed E-state index contributed by atoms with van der Waals surface area (Å²) in [6, 6.07) is 3.81. The van der Waals surface area contributed by atoms with Gasteiger partial charge in [-0.15, -0.1) is 11.8 Å².